The van der Waals surface area contributed by atoms with Crippen molar-refractivity contribution in [2.75, 3.05) is 35.0 Å². The van der Waals surface area contributed by atoms with Crippen molar-refractivity contribution < 1.29 is 41.1 Å². The molecule has 4 aromatic carbocycles. The van der Waals surface area contributed by atoms with Gasteiger partial charge >= 0.3 is 12.1 Å². The Kier molecular flexibility index (Phi) is 17.9. The van der Waals surface area contributed by atoms with Gasteiger partial charge < -0.3 is 14.7 Å². The minimum atomic E-state index is -3.54. The summed E-state index contributed by atoms with van der Waals surface area (Å²) in [5.74, 6) is -1.37. The lowest BCUT2D eigenvalue weighted by molar-refractivity contribution is 0.00893. The maximum Gasteiger partial charge on any atom is 0.410 e. The Balaban J connectivity index is 0.000000175. The van der Waals surface area contributed by atoms with E-state index in [0.29, 0.717) is 18.7 Å². The van der Waals surface area contributed by atoms with Gasteiger partial charge in [-0.2, -0.15) is 10.2 Å². The lowest BCUT2D eigenvalue weighted by atomic mass is 9.97. The fourth-order valence-electron chi connectivity index (χ4n) is 10.3. The number of amides is 2. The number of aryl methyl sites for hydroxylation is 4. The summed E-state index contributed by atoms with van der Waals surface area (Å²) in [5, 5.41) is 18.8. The fourth-order valence-corrected chi connectivity index (χ4v) is 11.5. The first-order chi connectivity index (χ1) is 38.7. The van der Waals surface area contributed by atoms with Crippen LogP contribution in [0.3, 0.4) is 0 Å². The van der Waals surface area contributed by atoms with Gasteiger partial charge in [-0.1, -0.05) is 83.9 Å². The van der Waals surface area contributed by atoms with Crippen molar-refractivity contribution in [2.24, 2.45) is 0 Å². The van der Waals surface area contributed by atoms with Gasteiger partial charge in [-0.05, 0) is 136 Å². The number of fused-ring (bicyclic) bond motifs is 2. The summed E-state index contributed by atoms with van der Waals surface area (Å²) < 4.78 is 60.0. The number of hydrogen-bond acceptors (Lipinski definition) is 12. The first-order valence-electron chi connectivity index (χ1n) is 27.2. The standard InChI is InChI=1S/C28H31N5O3S.C24H30N4O2.C9H11NO4S/c1-18-13-14-23(31-37(4,35)36)22(16-18)28(34)32-15-9-8-12-25(32)24-17-26-29-20(3)19(2)27(33(26)30-24)21-10-6-5-7-11-21;1-16-17(2)25-21-15-19(26-28(21)22(16)18-11-7-6-8-12-18)20-13-9-10-14-27(20)23(29)30-24(3,4)5;1-6-3-4-8(10-15(2,13)14)7(5-6)9(11)12/h5-7,10-11,13-14,16-17,25,31H,8-9,12,15H2,1-4H3;6-8,11-12,15,20H,9-10,13-14H2,1-5H3;3-5,10H,1-2H3,(H,11,12)/t25-;20-;/m00./s1. The SMILES string of the molecule is Cc1ccc(NS(C)(=O)=O)c(C(=O)N2CCCC[C@H]2c2cc3nc(C)c(C)c(-c4ccccc4)n3n2)c1.Cc1ccc(NS(C)(=O)=O)c(C(=O)O)c1.Cc1nc2cc([C@@H]3CCCCN3C(=O)OC(C)(C)C)nn2c(-c2ccccc2)c1C. The van der Waals surface area contributed by atoms with E-state index in [0.717, 1.165) is 130 Å². The van der Waals surface area contributed by atoms with Crippen LogP contribution >= 0.6 is 0 Å². The number of aromatic nitrogens is 6. The molecule has 0 bridgehead atoms. The summed E-state index contributed by atoms with van der Waals surface area (Å²) in [5.41, 5.74) is 13.3. The van der Waals surface area contributed by atoms with E-state index in [1.165, 1.54) is 12.1 Å². The number of sulfonamides is 2. The van der Waals surface area contributed by atoms with E-state index in [1.807, 2.05) is 109 Å². The van der Waals surface area contributed by atoms with Crippen LogP contribution in [0, 0.1) is 41.5 Å². The summed E-state index contributed by atoms with van der Waals surface area (Å²) in [6.07, 6.45) is 7.33. The highest BCUT2D eigenvalue weighted by Crippen LogP contribution is 2.37. The second kappa shape index (κ2) is 24.5. The Morgan fingerprint density at radius 3 is 1.41 bits per heavy atom. The number of nitrogens with zero attached hydrogens (tertiary/aromatic N) is 8. The number of carbonyl (C=O) groups excluding carboxylic acids is 2. The summed E-state index contributed by atoms with van der Waals surface area (Å²) >= 11 is 0. The summed E-state index contributed by atoms with van der Waals surface area (Å²) in [7, 11) is -7.00. The second-order valence-electron chi connectivity index (χ2n) is 22.1. The number of anilines is 2. The topological polar surface area (TPSA) is 240 Å². The maximum absolute atomic E-state index is 13.9. The first-order valence-corrected chi connectivity index (χ1v) is 31.0. The van der Waals surface area contributed by atoms with Gasteiger partial charge in [0.05, 0.1) is 69.9 Å². The molecule has 2 saturated heterocycles. The fraction of sp³-hybridized carbons (Fsp3) is 0.361. The van der Waals surface area contributed by atoms with E-state index < -0.39 is 31.6 Å². The van der Waals surface area contributed by atoms with Crippen molar-refractivity contribution >= 4 is 60.7 Å². The number of piperidine rings is 2. The predicted molar refractivity (Wildman–Crippen MR) is 319 cm³/mol. The molecule has 8 aromatic rings. The van der Waals surface area contributed by atoms with Crippen LogP contribution in [0.25, 0.3) is 33.8 Å². The molecular formula is C61H72N10O9S2. The number of hydrogen-bond donors (Lipinski definition) is 3. The molecule has 2 aliphatic rings. The molecule has 19 nitrogen and oxygen atoms in total. The molecule has 2 atom stereocenters. The highest BCUT2D eigenvalue weighted by atomic mass is 32.2. The number of rotatable bonds is 10. The number of carbonyl (C=O) groups is 3. The highest BCUT2D eigenvalue weighted by molar-refractivity contribution is 7.92. The van der Waals surface area contributed by atoms with Crippen LogP contribution in [-0.2, 0) is 24.8 Å². The summed E-state index contributed by atoms with van der Waals surface area (Å²) in [6, 6.07) is 33.7. The molecular weight excluding hydrogens is 1080 g/mol. The number of nitrogens with one attached hydrogen (secondary N) is 2. The average molecular weight is 1150 g/mol. The number of carboxylic acid groups (broad SMARTS) is 1. The van der Waals surface area contributed by atoms with Crippen molar-refractivity contribution in [3.05, 3.63) is 165 Å². The number of aromatic carboxylic acids is 1. The average Bonchev–Trinajstić information content (AvgIpc) is 3.06. The Morgan fingerprint density at radius 1 is 0.573 bits per heavy atom. The molecule has 0 aliphatic carbocycles. The lowest BCUT2D eigenvalue weighted by Crippen LogP contribution is -2.42. The van der Waals surface area contributed by atoms with E-state index in [1.54, 1.807) is 31.2 Å². The minimum absolute atomic E-state index is 0.0552. The normalized spacial score (nSPS) is 15.7. The van der Waals surface area contributed by atoms with Gasteiger partial charge in [0.15, 0.2) is 11.3 Å². The van der Waals surface area contributed by atoms with E-state index in [9.17, 15) is 31.2 Å². The zero-order valence-electron chi connectivity index (χ0n) is 48.3. The van der Waals surface area contributed by atoms with E-state index in [4.69, 9.17) is 30.0 Å². The first kappa shape index (κ1) is 59.9. The van der Waals surface area contributed by atoms with Gasteiger partial charge in [0.25, 0.3) is 5.91 Å². The van der Waals surface area contributed by atoms with Gasteiger partial charge in [-0.3, -0.25) is 19.1 Å². The molecule has 21 heteroatoms. The van der Waals surface area contributed by atoms with Gasteiger partial charge in [-0.15, -0.1) is 0 Å². The Bertz CT molecular complexity index is 3920. The molecule has 4 aromatic heterocycles. The minimum Gasteiger partial charge on any atom is -0.478 e. The van der Waals surface area contributed by atoms with Gasteiger partial charge in [0.1, 0.15) is 5.60 Å². The van der Waals surface area contributed by atoms with Crippen molar-refractivity contribution in [3.8, 4) is 22.5 Å². The summed E-state index contributed by atoms with van der Waals surface area (Å²) in [6.45, 7) is 18.7. The van der Waals surface area contributed by atoms with Crippen LogP contribution in [0.15, 0.2) is 109 Å². The molecule has 10 rings (SSSR count). The molecule has 0 radical (unpaired) electrons. The van der Waals surface area contributed by atoms with E-state index in [2.05, 4.69) is 47.6 Å². The maximum atomic E-state index is 13.9. The van der Waals surface area contributed by atoms with Crippen LogP contribution in [0.4, 0.5) is 16.2 Å². The van der Waals surface area contributed by atoms with E-state index in [-0.39, 0.29) is 41.0 Å². The molecule has 432 valence electrons. The van der Waals surface area contributed by atoms with Crippen LogP contribution in [-0.4, -0.2) is 110 Å². The third-order valence-electron chi connectivity index (χ3n) is 14.3. The van der Waals surface area contributed by atoms with E-state index >= 15 is 0 Å². The largest absolute Gasteiger partial charge is 0.478 e. The molecule has 0 saturated carbocycles. The molecule has 0 unspecified atom stereocenters. The van der Waals surface area contributed by atoms with Crippen LogP contribution in [0.5, 0.6) is 0 Å². The zero-order valence-corrected chi connectivity index (χ0v) is 49.9. The Morgan fingerprint density at radius 2 is 0.988 bits per heavy atom. The predicted octanol–water partition coefficient (Wildman–Crippen LogP) is 11.6. The van der Waals surface area contributed by atoms with Gasteiger partial charge in [0, 0.05) is 47.7 Å². The Labute approximate surface area is 479 Å². The number of benzene rings is 4. The third kappa shape index (κ3) is 14.3. The number of likely N-dealkylation sites (tertiary alicyclic amines) is 2. The molecule has 2 fully saturated rings. The molecule has 82 heavy (non-hydrogen) atoms. The summed E-state index contributed by atoms with van der Waals surface area (Å²) in [4.78, 5) is 50.8. The van der Waals surface area contributed by atoms with Crippen molar-refractivity contribution in [2.45, 2.75) is 119 Å². The zero-order chi connectivity index (χ0) is 59.4. The van der Waals surface area contributed by atoms with Gasteiger partial charge in [-0.25, -0.2) is 45.4 Å². The van der Waals surface area contributed by atoms with Crippen molar-refractivity contribution in [1.29, 1.82) is 0 Å². The molecule has 6 heterocycles. The smallest absolute Gasteiger partial charge is 0.410 e. The van der Waals surface area contributed by atoms with Crippen LogP contribution in [0.1, 0.15) is 137 Å². The van der Waals surface area contributed by atoms with Crippen molar-refractivity contribution in [1.82, 2.24) is 39.0 Å². The lowest BCUT2D eigenvalue weighted by Gasteiger charge is -2.35. The van der Waals surface area contributed by atoms with Crippen LogP contribution < -0.4 is 9.44 Å². The molecule has 2 amide bonds. The van der Waals surface area contributed by atoms with Crippen LogP contribution in [0.2, 0.25) is 0 Å². The molecule has 0 spiro atoms. The number of carboxylic acids is 1. The highest BCUT2D eigenvalue weighted by Gasteiger charge is 2.35. The van der Waals surface area contributed by atoms with Gasteiger partial charge in [0.2, 0.25) is 20.0 Å². The third-order valence-corrected chi connectivity index (χ3v) is 15.5. The molecule has 3 N–H and O–H groups in total. The quantitative estimate of drug-likeness (QED) is 0.116. The monoisotopic (exact) mass is 1150 g/mol. The molecule has 2 aliphatic heterocycles. The second-order valence-corrected chi connectivity index (χ2v) is 25.6. The Hall–Kier alpha value is -8.17. The number of ether oxygens (including phenoxy) is 1. The van der Waals surface area contributed by atoms with Crippen molar-refractivity contribution in [3.63, 3.8) is 0 Å².